The lowest BCUT2D eigenvalue weighted by Crippen LogP contribution is -2.19. The number of rotatable bonds is 5. The quantitative estimate of drug-likeness (QED) is 0.752. The molecule has 0 bridgehead atoms. The molecule has 0 unspecified atom stereocenters. The van der Waals surface area contributed by atoms with Gasteiger partial charge in [-0.3, -0.25) is 0 Å². The summed E-state index contributed by atoms with van der Waals surface area (Å²) in [6, 6.07) is 3.10. The molecule has 5 nitrogen and oxygen atoms in total. The smallest absolute Gasteiger partial charge is 0.404 e. The zero-order valence-corrected chi connectivity index (χ0v) is 9.11. The second kappa shape index (κ2) is 6.09. The minimum atomic E-state index is -1.17. The highest BCUT2D eigenvalue weighted by molar-refractivity contribution is 5.64. The summed E-state index contributed by atoms with van der Waals surface area (Å²) < 4.78 is 25.7. The molecule has 0 heterocycles. The van der Waals surface area contributed by atoms with E-state index in [1.165, 1.54) is 14.2 Å². The lowest BCUT2D eigenvalue weighted by molar-refractivity contribution is -0.106. The van der Waals surface area contributed by atoms with Gasteiger partial charge in [-0.1, -0.05) is 24.2 Å². The molecule has 0 fully saturated rings. The van der Waals surface area contributed by atoms with Gasteiger partial charge in [0.1, 0.15) is 0 Å². The van der Waals surface area contributed by atoms with Crippen molar-refractivity contribution in [2.24, 2.45) is 0 Å². The molecule has 0 saturated heterocycles. The fourth-order valence-corrected chi connectivity index (χ4v) is 1.19. The van der Waals surface area contributed by atoms with E-state index in [2.05, 4.69) is 5.32 Å². The molecule has 0 saturated carbocycles. The molecule has 5 heteroatoms. The van der Waals surface area contributed by atoms with Gasteiger partial charge in [0.2, 0.25) is 0 Å². The highest BCUT2D eigenvalue weighted by Crippen LogP contribution is 2.17. The molecule has 0 radical (unpaired) electrons. The van der Waals surface area contributed by atoms with Crippen molar-refractivity contribution in [3.05, 3.63) is 35.3 Å². The van der Waals surface area contributed by atoms with Crippen molar-refractivity contribution in [3.8, 4) is 0 Å². The number of carboxylic acid groups (broad SMARTS) is 1. The van der Waals surface area contributed by atoms with Crippen LogP contribution in [0.4, 0.5) is 4.79 Å². The molecule has 16 heavy (non-hydrogen) atoms. The normalized spacial score (nSPS) is 12.2. The fraction of sp³-hybridized carbons (Fsp3) is 0.364. The maximum atomic E-state index is 10.4. The van der Waals surface area contributed by atoms with Crippen molar-refractivity contribution in [1.29, 1.82) is 0 Å². The second-order valence-corrected chi connectivity index (χ2v) is 3.03. The van der Waals surface area contributed by atoms with Crippen LogP contribution in [0.5, 0.6) is 0 Å². The largest absolute Gasteiger partial charge is 0.465 e. The van der Waals surface area contributed by atoms with Gasteiger partial charge in [-0.15, -0.1) is 0 Å². The number of carbonyl (C=O) groups is 1. The Morgan fingerprint density at radius 2 is 2.19 bits per heavy atom. The Morgan fingerprint density at radius 3 is 2.75 bits per heavy atom. The lowest BCUT2D eigenvalue weighted by Gasteiger charge is -2.13. The summed E-state index contributed by atoms with van der Waals surface area (Å²) in [7, 11) is 2.88. The van der Waals surface area contributed by atoms with E-state index in [-0.39, 0.29) is 18.6 Å². The third-order valence-electron chi connectivity index (χ3n) is 1.94. The first-order chi connectivity index (χ1) is 8.51. The number of ether oxygens (including phenoxy) is 2. The molecule has 0 aliphatic heterocycles. The molecule has 1 rings (SSSR count). The van der Waals surface area contributed by atoms with Crippen molar-refractivity contribution >= 4 is 6.09 Å². The third-order valence-corrected chi connectivity index (χ3v) is 1.94. The summed E-state index contributed by atoms with van der Waals surface area (Å²) in [5.41, 5.74) is 0.862. The first kappa shape index (κ1) is 9.62. The number of benzene rings is 1. The Balaban J connectivity index is 3.00. The van der Waals surface area contributed by atoms with Crippen LogP contribution >= 0.6 is 0 Å². The van der Waals surface area contributed by atoms with E-state index in [9.17, 15) is 4.79 Å². The van der Waals surface area contributed by atoms with Gasteiger partial charge in [-0.05, 0) is 5.56 Å². The van der Waals surface area contributed by atoms with Gasteiger partial charge in [-0.2, -0.15) is 0 Å². The topological polar surface area (TPSA) is 67.8 Å². The number of amides is 1. The summed E-state index contributed by atoms with van der Waals surface area (Å²) in [5.74, 6) is 0. The van der Waals surface area contributed by atoms with Crippen LogP contribution in [0, 0.1) is 0 Å². The lowest BCUT2D eigenvalue weighted by atomic mass is 10.1. The molecule has 88 valence electrons. The molecule has 1 aromatic carbocycles. The van der Waals surface area contributed by atoms with Crippen LogP contribution < -0.4 is 5.32 Å². The molecule has 0 aliphatic rings. The van der Waals surface area contributed by atoms with Gasteiger partial charge < -0.3 is 19.9 Å². The second-order valence-electron chi connectivity index (χ2n) is 3.03. The number of hydrogen-bond donors (Lipinski definition) is 2. The molecule has 0 aromatic heterocycles. The van der Waals surface area contributed by atoms with Crippen LogP contribution in [-0.2, 0) is 16.0 Å². The predicted molar refractivity (Wildman–Crippen MR) is 58.1 cm³/mol. The van der Waals surface area contributed by atoms with E-state index in [0.717, 1.165) is 0 Å². The van der Waals surface area contributed by atoms with Crippen LogP contribution in [0.1, 0.15) is 20.2 Å². The van der Waals surface area contributed by atoms with Crippen LogP contribution in [-0.4, -0.2) is 25.4 Å². The number of nitrogens with one attached hydrogen (secondary N) is 1. The minimum absolute atomic E-state index is 0.00897. The molecule has 0 aliphatic carbocycles. The molecule has 1 aromatic rings. The Kier molecular flexibility index (Phi) is 3.66. The van der Waals surface area contributed by atoms with Crippen molar-refractivity contribution < 1.29 is 22.1 Å². The minimum Gasteiger partial charge on any atom is -0.465 e. The van der Waals surface area contributed by atoms with Crippen molar-refractivity contribution in [3.63, 3.8) is 0 Å². The third kappa shape index (κ3) is 3.52. The summed E-state index contributed by atoms with van der Waals surface area (Å²) in [6.07, 6.45) is -1.88. The summed E-state index contributed by atoms with van der Waals surface area (Å²) >= 11 is 0. The average Bonchev–Trinajstić information content (AvgIpc) is 2.34. The van der Waals surface area contributed by atoms with E-state index in [0.29, 0.717) is 11.1 Å². The molecular formula is C11H15NO4. The van der Waals surface area contributed by atoms with Crippen LogP contribution in [0.25, 0.3) is 0 Å². The zero-order chi connectivity index (χ0) is 13.7. The average molecular weight is 227 g/mol. The number of methoxy groups -OCH3 is 2. The SMILES string of the molecule is [2H]c1c(CNC(=O)O)ccc(C(OC)OC)c1[2H]. The standard InChI is InChI=1S/C11H15NO4/c1-15-10(16-2)9-5-3-8(4-6-9)7-12-11(13)14/h3-6,10,12H,7H2,1-2H3,(H,13,14)/i3D,5D. The van der Waals surface area contributed by atoms with Gasteiger partial charge in [0.15, 0.2) is 6.29 Å². The Bertz CT molecular complexity index is 435. The van der Waals surface area contributed by atoms with Gasteiger partial charge >= 0.3 is 6.09 Å². The summed E-state index contributed by atoms with van der Waals surface area (Å²) in [6.45, 7) is -0.00897. The zero-order valence-electron chi connectivity index (χ0n) is 11.1. The monoisotopic (exact) mass is 227 g/mol. The van der Waals surface area contributed by atoms with Crippen LogP contribution in [0.2, 0.25) is 0 Å². The van der Waals surface area contributed by atoms with Crippen molar-refractivity contribution in [2.45, 2.75) is 12.8 Å². The highest BCUT2D eigenvalue weighted by Gasteiger charge is 2.07. The van der Waals surface area contributed by atoms with Gasteiger partial charge in [-0.25, -0.2) is 4.79 Å². The van der Waals surface area contributed by atoms with E-state index < -0.39 is 12.4 Å². The van der Waals surface area contributed by atoms with Gasteiger partial charge in [0.25, 0.3) is 0 Å². The van der Waals surface area contributed by atoms with E-state index >= 15 is 0 Å². The highest BCUT2D eigenvalue weighted by atomic mass is 16.7. The van der Waals surface area contributed by atoms with Gasteiger partial charge in [0, 0.05) is 26.3 Å². The first-order valence-electron chi connectivity index (χ1n) is 5.62. The maximum Gasteiger partial charge on any atom is 0.404 e. The fourth-order valence-electron chi connectivity index (χ4n) is 1.19. The van der Waals surface area contributed by atoms with Gasteiger partial charge in [0.05, 0.1) is 2.74 Å². The van der Waals surface area contributed by atoms with Crippen LogP contribution in [0.15, 0.2) is 24.2 Å². The van der Waals surface area contributed by atoms with E-state index in [1.54, 1.807) is 12.1 Å². The Labute approximate surface area is 96.8 Å². The van der Waals surface area contributed by atoms with E-state index in [4.69, 9.17) is 17.3 Å². The molecule has 2 N–H and O–H groups in total. The van der Waals surface area contributed by atoms with Crippen molar-refractivity contribution in [2.75, 3.05) is 14.2 Å². The van der Waals surface area contributed by atoms with Crippen molar-refractivity contribution in [1.82, 2.24) is 5.32 Å². The molecule has 1 amide bonds. The molecule has 0 spiro atoms. The first-order valence-corrected chi connectivity index (χ1v) is 4.62. The number of hydrogen-bond acceptors (Lipinski definition) is 3. The molecular weight excluding hydrogens is 210 g/mol. The Morgan fingerprint density at radius 1 is 1.50 bits per heavy atom. The van der Waals surface area contributed by atoms with Crippen LogP contribution in [0.3, 0.4) is 0 Å². The summed E-state index contributed by atoms with van der Waals surface area (Å²) in [4.78, 5) is 10.4. The summed E-state index contributed by atoms with van der Waals surface area (Å²) in [5, 5.41) is 10.7. The predicted octanol–water partition coefficient (Wildman–Crippen LogP) is 1.75. The Hall–Kier alpha value is -1.59. The van der Waals surface area contributed by atoms with E-state index in [1.807, 2.05) is 0 Å². The molecule has 0 atom stereocenters. The maximum absolute atomic E-state index is 10.4.